The summed E-state index contributed by atoms with van der Waals surface area (Å²) in [6.45, 7) is 2.52. The summed E-state index contributed by atoms with van der Waals surface area (Å²) in [5.41, 5.74) is 0.754. The molecule has 2 N–H and O–H groups in total. The van der Waals surface area contributed by atoms with E-state index in [0.29, 0.717) is 24.6 Å². The van der Waals surface area contributed by atoms with E-state index in [2.05, 4.69) is 15.3 Å². The second-order valence-electron chi connectivity index (χ2n) is 4.19. The van der Waals surface area contributed by atoms with Crippen LogP contribution >= 0.6 is 0 Å². The number of halogens is 1. The zero-order valence-electron chi connectivity index (χ0n) is 10.9. The van der Waals surface area contributed by atoms with E-state index >= 15 is 0 Å². The molecule has 0 amide bonds. The Kier molecular flexibility index (Phi) is 4.24. The summed E-state index contributed by atoms with van der Waals surface area (Å²) < 4.78 is 12.8. The van der Waals surface area contributed by atoms with Gasteiger partial charge in [0.1, 0.15) is 17.5 Å². The van der Waals surface area contributed by atoms with E-state index in [9.17, 15) is 9.18 Å². The van der Waals surface area contributed by atoms with Crippen molar-refractivity contribution >= 4 is 11.8 Å². The molecule has 2 rings (SSSR count). The molecule has 0 aliphatic carbocycles. The van der Waals surface area contributed by atoms with E-state index in [1.807, 2.05) is 6.92 Å². The van der Waals surface area contributed by atoms with Crippen molar-refractivity contribution in [3.05, 3.63) is 53.2 Å². The predicted molar refractivity (Wildman–Crippen MR) is 72.4 cm³/mol. The molecular formula is C14H14FN3O2. The van der Waals surface area contributed by atoms with Gasteiger partial charge in [-0.3, -0.25) is 0 Å². The lowest BCUT2D eigenvalue weighted by atomic mass is 10.1. The van der Waals surface area contributed by atoms with E-state index in [0.717, 1.165) is 5.56 Å². The van der Waals surface area contributed by atoms with Gasteiger partial charge in [-0.2, -0.15) is 0 Å². The second kappa shape index (κ2) is 6.10. The van der Waals surface area contributed by atoms with Crippen molar-refractivity contribution in [3.8, 4) is 0 Å². The van der Waals surface area contributed by atoms with Gasteiger partial charge in [-0.05, 0) is 24.6 Å². The van der Waals surface area contributed by atoms with Crippen molar-refractivity contribution in [2.24, 2.45) is 0 Å². The number of carboxylic acids is 1. The molecule has 0 radical (unpaired) electrons. The molecular weight excluding hydrogens is 261 g/mol. The van der Waals surface area contributed by atoms with Crippen molar-refractivity contribution in [3.63, 3.8) is 0 Å². The largest absolute Gasteiger partial charge is 0.477 e. The molecule has 1 aromatic carbocycles. The SMILES string of the molecule is CCNc1cc(C(=O)O)nc(Cc2ccc(F)cc2)n1. The first-order valence-electron chi connectivity index (χ1n) is 6.18. The summed E-state index contributed by atoms with van der Waals surface area (Å²) in [6, 6.07) is 7.33. The maximum atomic E-state index is 12.8. The number of benzene rings is 1. The molecule has 0 aliphatic heterocycles. The normalized spacial score (nSPS) is 10.3. The van der Waals surface area contributed by atoms with E-state index in [1.54, 1.807) is 12.1 Å². The van der Waals surface area contributed by atoms with E-state index in [4.69, 9.17) is 5.11 Å². The van der Waals surface area contributed by atoms with Gasteiger partial charge in [0, 0.05) is 19.0 Å². The van der Waals surface area contributed by atoms with Crippen LogP contribution in [-0.2, 0) is 6.42 Å². The average molecular weight is 275 g/mol. The molecule has 2 aromatic rings. The zero-order valence-corrected chi connectivity index (χ0v) is 10.9. The lowest BCUT2D eigenvalue weighted by molar-refractivity contribution is 0.0690. The monoisotopic (exact) mass is 275 g/mol. The fraction of sp³-hybridized carbons (Fsp3) is 0.214. The van der Waals surface area contributed by atoms with Crippen LogP contribution in [-0.4, -0.2) is 27.6 Å². The maximum Gasteiger partial charge on any atom is 0.354 e. The van der Waals surface area contributed by atoms with Gasteiger partial charge < -0.3 is 10.4 Å². The molecule has 5 nitrogen and oxygen atoms in total. The van der Waals surface area contributed by atoms with Crippen LogP contribution in [0.25, 0.3) is 0 Å². The molecule has 20 heavy (non-hydrogen) atoms. The quantitative estimate of drug-likeness (QED) is 0.876. The highest BCUT2D eigenvalue weighted by molar-refractivity contribution is 5.86. The molecule has 104 valence electrons. The number of hydrogen-bond acceptors (Lipinski definition) is 4. The van der Waals surface area contributed by atoms with Gasteiger partial charge >= 0.3 is 5.97 Å². The van der Waals surface area contributed by atoms with Gasteiger partial charge in [-0.1, -0.05) is 12.1 Å². The highest BCUT2D eigenvalue weighted by atomic mass is 19.1. The van der Waals surface area contributed by atoms with Crippen LogP contribution < -0.4 is 5.32 Å². The first kappa shape index (κ1) is 13.9. The minimum Gasteiger partial charge on any atom is -0.477 e. The zero-order chi connectivity index (χ0) is 14.5. The molecule has 0 saturated carbocycles. The van der Waals surface area contributed by atoms with Gasteiger partial charge in [0.2, 0.25) is 0 Å². The fourth-order valence-electron chi connectivity index (χ4n) is 1.74. The topological polar surface area (TPSA) is 75.1 Å². The van der Waals surface area contributed by atoms with Crippen molar-refractivity contribution in [2.75, 3.05) is 11.9 Å². The summed E-state index contributed by atoms with van der Waals surface area (Å²) >= 11 is 0. The Balaban J connectivity index is 2.29. The Labute approximate surface area is 115 Å². The van der Waals surface area contributed by atoms with Crippen molar-refractivity contribution in [2.45, 2.75) is 13.3 Å². The van der Waals surface area contributed by atoms with Gasteiger partial charge in [0.05, 0.1) is 0 Å². The Hall–Kier alpha value is -2.50. The standard InChI is InChI=1S/C14H14FN3O2/c1-2-16-12-8-11(14(19)20)17-13(18-12)7-9-3-5-10(15)6-4-9/h3-6,8H,2,7H2,1H3,(H,19,20)(H,16,17,18). The molecule has 0 bridgehead atoms. The Bertz CT molecular complexity index is 614. The number of nitrogens with one attached hydrogen (secondary N) is 1. The second-order valence-corrected chi connectivity index (χ2v) is 4.19. The van der Waals surface area contributed by atoms with Crippen LogP contribution in [0.5, 0.6) is 0 Å². The third-order valence-corrected chi connectivity index (χ3v) is 2.62. The number of aromatic carboxylic acids is 1. The highest BCUT2D eigenvalue weighted by Crippen LogP contribution is 2.12. The smallest absolute Gasteiger partial charge is 0.354 e. The maximum absolute atomic E-state index is 12.8. The minimum atomic E-state index is -1.10. The molecule has 0 saturated heterocycles. The molecule has 0 unspecified atom stereocenters. The predicted octanol–water partition coefficient (Wildman–Crippen LogP) is 2.34. The third kappa shape index (κ3) is 3.50. The van der Waals surface area contributed by atoms with E-state index in [-0.39, 0.29) is 11.5 Å². The molecule has 1 aromatic heterocycles. The van der Waals surface area contributed by atoms with Gasteiger partial charge in [-0.15, -0.1) is 0 Å². The number of rotatable bonds is 5. The van der Waals surface area contributed by atoms with Gasteiger partial charge in [0.15, 0.2) is 5.69 Å². The third-order valence-electron chi connectivity index (χ3n) is 2.62. The summed E-state index contributed by atoms with van der Waals surface area (Å²) in [7, 11) is 0. The number of carbonyl (C=O) groups is 1. The summed E-state index contributed by atoms with van der Waals surface area (Å²) in [5.74, 6) is -0.571. The molecule has 6 heteroatoms. The van der Waals surface area contributed by atoms with Crippen molar-refractivity contribution in [1.82, 2.24) is 9.97 Å². The Morgan fingerprint density at radius 1 is 1.30 bits per heavy atom. The van der Waals surface area contributed by atoms with Crippen LogP contribution in [0, 0.1) is 5.82 Å². The summed E-state index contributed by atoms with van der Waals surface area (Å²) in [6.07, 6.45) is 0.347. The van der Waals surface area contributed by atoms with Crippen LogP contribution in [0.3, 0.4) is 0 Å². The number of hydrogen-bond donors (Lipinski definition) is 2. The van der Waals surface area contributed by atoms with Crippen LogP contribution in [0.2, 0.25) is 0 Å². The lowest BCUT2D eigenvalue weighted by Gasteiger charge is -2.07. The minimum absolute atomic E-state index is 0.0620. The van der Waals surface area contributed by atoms with Crippen molar-refractivity contribution in [1.29, 1.82) is 0 Å². The average Bonchev–Trinajstić information content (AvgIpc) is 2.41. The van der Waals surface area contributed by atoms with Crippen molar-refractivity contribution < 1.29 is 14.3 Å². The first-order chi connectivity index (χ1) is 9.58. The molecule has 0 fully saturated rings. The highest BCUT2D eigenvalue weighted by Gasteiger charge is 2.10. The number of aromatic nitrogens is 2. The Morgan fingerprint density at radius 3 is 2.60 bits per heavy atom. The summed E-state index contributed by atoms with van der Waals surface area (Å²) in [4.78, 5) is 19.3. The summed E-state index contributed by atoms with van der Waals surface area (Å²) in [5, 5.41) is 12.0. The van der Waals surface area contributed by atoms with E-state index < -0.39 is 5.97 Å². The first-order valence-corrected chi connectivity index (χ1v) is 6.18. The number of anilines is 1. The molecule has 0 spiro atoms. The molecule has 1 heterocycles. The lowest BCUT2D eigenvalue weighted by Crippen LogP contribution is -2.10. The fourth-order valence-corrected chi connectivity index (χ4v) is 1.74. The van der Waals surface area contributed by atoms with Gasteiger partial charge in [-0.25, -0.2) is 19.2 Å². The number of carboxylic acid groups (broad SMARTS) is 1. The van der Waals surface area contributed by atoms with E-state index in [1.165, 1.54) is 18.2 Å². The van der Waals surface area contributed by atoms with Crippen LogP contribution in [0.1, 0.15) is 28.8 Å². The molecule has 0 atom stereocenters. The van der Waals surface area contributed by atoms with Gasteiger partial charge in [0.25, 0.3) is 0 Å². The number of nitrogens with zero attached hydrogens (tertiary/aromatic N) is 2. The Morgan fingerprint density at radius 2 is 2.00 bits per heavy atom. The molecule has 0 aliphatic rings. The van der Waals surface area contributed by atoms with Crippen LogP contribution in [0.4, 0.5) is 10.2 Å². The van der Waals surface area contributed by atoms with Crippen LogP contribution in [0.15, 0.2) is 30.3 Å².